The van der Waals surface area contributed by atoms with E-state index in [4.69, 9.17) is 0 Å². The van der Waals surface area contributed by atoms with Crippen LogP contribution in [-0.2, 0) is 19.3 Å². The van der Waals surface area contributed by atoms with Gasteiger partial charge in [-0.05, 0) is 47.5 Å². The fourth-order valence-corrected chi connectivity index (χ4v) is 2.87. The highest BCUT2D eigenvalue weighted by Gasteiger charge is 2.05. The molecule has 0 unspecified atom stereocenters. The first-order chi connectivity index (χ1) is 12.8. The predicted octanol–water partition coefficient (Wildman–Crippen LogP) is 3.32. The summed E-state index contributed by atoms with van der Waals surface area (Å²) in [5.41, 5.74) is 2.02. The summed E-state index contributed by atoms with van der Waals surface area (Å²) >= 11 is 0. The van der Waals surface area contributed by atoms with E-state index in [1.54, 1.807) is 48.5 Å². The highest BCUT2D eigenvalue weighted by atomic mass is 32.2. The summed E-state index contributed by atoms with van der Waals surface area (Å²) in [6.45, 7) is 0. The molecule has 0 saturated carbocycles. The molecular formula is C20H18O6S. The molecule has 0 amide bonds. The van der Waals surface area contributed by atoms with Gasteiger partial charge in [0.1, 0.15) is 0 Å². The topological polar surface area (TPSA) is 86.7 Å². The van der Waals surface area contributed by atoms with Crippen LogP contribution in [0.4, 0.5) is 0 Å². The molecule has 140 valence electrons. The van der Waals surface area contributed by atoms with Gasteiger partial charge in [-0.15, -0.1) is 0 Å². The Balaban J connectivity index is 2.07. The lowest BCUT2D eigenvalue weighted by molar-refractivity contribution is 0.0592. The van der Waals surface area contributed by atoms with E-state index < -0.39 is 21.8 Å². The number of hydrogen-bond acceptors (Lipinski definition) is 6. The highest BCUT2D eigenvalue weighted by molar-refractivity contribution is 7.97. The minimum atomic E-state index is -3.58. The molecule has 0 atom stereocenters. The average Bonchev–Trinajstić information content (AvgIpc) is 2.70. The van der Waals surface area contributed by atoms with Crippen molar-refractivity contribution in [1.29, 1.82) is 0 Å². The van der Waals surface area contributed by atoms with E-state index >= 15 is 0 Å². The third-order valence-corrected chi connectivity index (χ3v) is 4.59. The molecule has 0 aromatic heterocycles. The monoisotopic (exact) mass is 386 g/mol. The maximum Gasteiger partial charge on any atom is 0.337 e. The Morgan fingerprint density at radius 3 is 1.33 bits per heavy atom. The first kappa shape index (κ1) is 20.1. The number of carbonyl (C=O) groups is 2. The SMILES string of the molecule is COC(=O)c1ccc(C=CS(=O)(=O)C=Cc2ccc(C(=O)OC)cc2)cc1. The Morgan fingerprint density at radius 1 is 0.704 bits per heavy atom. The number of hydrogen-bond donors (Lipinski definition) is 0. The van der Waals surface area contributed by atoms with Crippen LogP contribution in [0.25, 0.3) is 12.2 Å². The molecular weight excluding hydrogens is 368 g/mol. The number of rotatable bonds is 6. The van der Waals surface area contributed by atoms with Crippen molar-refractivity contribution in [3.63, 3.8) is 0 Å². The van der Waals surface area contributed by atoms with Gasteiger partial charge in [0.25, 0.3) is 0 Å². The summed E-state index contributed by atoms with van der Waals surface area (Å²) < 4.78 is 33.4. The summed E-state index contributed by atoms with van der Waals surface area (Å²) in [5, 5.41) is 2.14. The molecule has 0 spiro atoms. The minimum Gasteiger partial charge on any atom is -0.465 e. The average molecular weight is 386 g/mol. The van der Waals surface area contributed by atoms with Gasteiger partial charge in [-0.1, -0.05) is 24.3 Å². The first-order valence-corrected chi connectivity index (χ1v) is 9.43. The van der Waals surface area contributed by atoms with Gasteiger partial charge in [-0.2, -0.15) is 0 Å². The lowest BCUT2D eigenvalue weighted by Gasteiger charge is -2.00. The van der Waals surface area contributed by atoms with Crippen LogP contribution in [0.15, 0.2) is 59.3 Å². The van der Waals surface area contributed by atoms with Gasteiger partial charge in [-0.25, -0.2) is 18.0 Å². The van der Waals surface area contributed by atoms with Crippen molar-refractivity contribution < 1.29 is 27.5 Å². The van der Waals surface area contributed by atoms with E-state index in [1.807, 2.05) is 0 Å². The number of carbonyl (C=O) groups excluding carboxylic acids is 2. The van der Waals surface area contributed by atoms with Gasteiger partial charge in [0.05, 0.1) is 25.3 Å². The number of benzene rings is 2. The summed E-state index contributed by atoms with van der Waals surface area (Å²) in [7, 11) is -1.01. The van der Waals surface area contributed by atoms with Gasteiger partial charge < -0.3 is 9.47 Å². The summed E-state index contributed by atoms with van der Waals surface area (Å²) in [4.78, 5) is 22.7. The van der Waals surface area contributed by atoms with Gasteiger partial charge in [-0.3, -0.25) is 0 Å². The molecule has 0 bridgehead atoms. The smallest absolute Gasteiger partial charge is 0.337 e. The molecule has 0 fully saturated rings. The zero-order valence-corrected chi connectivity index (χ0v) is 15.6. The first-order valence-electron chi connectivity index (χ1n) is 7.82. The van der Waals surface area contributed by atoms with Crippen molar-refractivity contribution in [1.82, 2.24) is 0 Å². The van der Waals surface area contributed by atoms with Crippen molar-refractivity contribution in [2.75, 3.05) is 14.2 Å². The van der Waals surface area contributed by atoms with Crippen LogP contribution in [0, 0.1) is 0 Å². The third-order valence-electron chi connectivity index (χ3n) is 3.56. The second-order valence-corrected chi connectivity index (χ2v) is 7.14. The summed E-state index contributed by atoms with van der Waals surface area (Å²) in [6.07, 6.45) is 2.86. The molecule has 6 nitrogen and oxygen atoms in total. The Kier molecular flexibility index (Phi) is 6.67. The molecule has 0 radical (unpaired) electrons. The molecule has 0 aliphatic rings. The third kappa shape index (κ3) is 5.93. The Bertz CT molecular complexity index is 893. The van der Waals surface area contributed by atoms with Crippen LogP contribution in [0.2, 0.25) is 0 Å². The van der Waals surface area contributed by atoms with E-state index in [9.17, 15) is 18.0 Å². The largest absolute Gasteiger partial charge is 0.465 e. The van der Waals surface area contributed by atoms with Crippen LogP contribution in [0.5, 0.6) is 0 Å². The van der Waals surface area contributed by atoms with Crippen molar-refractivity contribution >= 4 is 33.9 Å². The number of esters is 2. The number of ether oxygens (including phenoxy) is 2. The molecule has 7 heteroatoms. The molecule has 0 N–H and O–H groups in total. The maximum absolute atomic E-state index is 12.1. The van der Waals surface area contributed by atoms with Gasteiger partial charge in [0.15, 0.2) is 9.84 Å². The maximum atomic E-state index is 12.1. The second kappa shape index (κ2) is 8.95. The van der Waals surface area contributed by atoms with Gasteiger partial charge in [0, 0.05) is 10.8 Å². The lowest BCUT2D eigenvalue weighted by atomic mass is 10.1. The van der Waals surface area contributed by atoms with Gasteiger partial charge in [0.2, 0.25) is 0 Å². The van der Waals surface area contributed by atoms with Crippen LogP contribution < -0.4 is 0 Å². The molecule has 0 aliphatic heterocycles. The molecule has 0 heterocycles. The normalized spacial score (nSPS) is 11.6. The van der Waals surface area contributed by atoms with E-state index in [1.165, 1.54) is 26.4 Å². The standard InChI is InChI=1S/C20H18O6S/c1-25-19(21)17-7-3-15(4-8-17)11-13-27(23,24)14-12-16-5-9-18(10-6-16)20(22)26-2/h3-14H,1-2H3. The molecule has 27 heavy (non-hydrogen) atoms. The molecule has 0 saturated heterocycles. The molecule has 2 aromatic carbocycles. The van der Waals surface area contributed by atoms with Crippen molar-refractivity contribution in [3.05, 3.63) is 81.6 Å². The zero-order valence-electron chi connectivity index (χ0n) is 14.8. The predicted molar refractivity (Wildman–Crippen MR) is 103 cm³/mol. The number of sulfone groups is 1. The summed E-state index contributed by atoms with van der Waals surface area (Å²) in [5.74, 6) is -0.918. The van der Waals surface area contributed by atoms with Crippen LogP contribution in [0.1, 0.15) is 31.8 Å². The van der Waals surface area contributed by atoms with E-state index in [0.717, 1.165) is 10.8 Å². The Hall–Kier alpha value is -3.19. The zero-order chi connectivity index (χ0) is 19.9. The van der Waals surface area contributed by atoms with Gasteiger partial charge >= 0.3 is 11.9 Å². The van der Waals surface area contributed by atoms with Crippen LogP contribution in [-0.4, -0.2) is 34.6 Å². The van der Waals surface area contributed by atoms with Crippen molar-refractivity contribution in [3.8, 4) is 0 Å². The van der Waals surface area contributed by atoms with E-state index in [-0.39, 0.29) is 0 Å². The quantitative estimate of drug-likeness (QED) is 0.708. The van der Waals surface area contributed by atoms with Crippen LogP contribution >= 0.6 is 0 Å². The number of methoxy groups -OCH3 is 2. The fourth-order valence-electron chi connectivity index (χ4n) is 2.09. The van der Waals surface area contributed by atoms with Crippen molar-refractivity contribution in [2.45, 2.75) is 0 Å². The molecule has 2 rings (SSSR count). The lowest BCUT2D eigenvalue weighted by Crippen LogP contribution is -2.00. The van der Waals surface area contributed by atoms with Crippen LogP contribution in [0.3, 0.4) is 0 Å². The van der Waals surface area contributed by atoms with E-state index in [0.29, 0.717) is 22.3 Å². The fraction of sp³-hybridized carbons (Fsp3) is 0.100. The molecule has 2 aromatic rings. The second-order valence-electron chi connectivity index (χ2n) is 5.42. The summed E-state index contributed by atoms with van der Waals surface area (Å²) in [6, 6.07) is 12.7. The Labute approximate surface area is 157 Å². The molecule has 0 aliphatic carbocycles. The van der Waals surface area contributed by atoms with Crippen molar-refractivity contribution in [2.24, 2.45) is 0 Å². The highest BCUT2D eigenvalue weighted by Crippen LogP contribution is 2.11. The minimum absolute atomic E-state index is 0.382. The Morgan fingerprint density at radius 2 is 1.04 bits per heavy atom. The van der Waals surface area contributed by atoms with E-state index in [2.05, 4.69) is 9.47 Å².